The van der Waals surface area contributed by atoms with E-state index >= 15 is 0 Å². The number of hydrogen-bond donors (Lipinski definition) is 2. The monoisotopic (exact) mass is 234 g/mol. The Morgan fingerprint density at radius 1 is 1.53 bits per heavy atom. The van der Waals surface area contributed by atoms with Crippen molar-refractivity contribution in [2.45, 2.75) is 24.9 Å². The van der Waals surface area contributed by atoms with Crippen LogP contribution in [-0.2, 0) is 10.3 Å². The summed E-state index contributed by atoms with van der Waals surface area (Å²) < 4.78 is 10.2. The zero-order valence-corrected chi connectivity index (χ0v) is 9.29. The number of halogens is 1. The van der Waals surface area contributed by atoms with E-state index in [4.69, 9.17) is 20.7 Å². The lowest BCUT2D eigenvalue weighted by molar-refractivity contribution is 0.175. The summed E-state index contributed by atoms with van der Waals surface area (Å²) in [6, 6.07) is -0.262. The number of rotatable bonds is 2. The molecule has 1 saturated heterocycles. The molecule has 1 aromatic heterocycles. The molecule has 2 rings (SSSR count). The Morgan fingerprint density at radius 3 is 2.73 bits per heavy atom. The van der Waals surface area contributed by atoms with Crippen LogP contribution in [-0.4, -0.2) is 23.4 Å². The van der Waals surface area contributed by atoms with Crippen molar-refractivity contribution >= 4 is 12.4 Å². The third-order valence-corrected chi connectivity index (χ3v) is 2.33. The van der Waals surface area contributed by atoms with Crippen LogP contribution in [0.4, 0.5) is 0 Å². The molecule has 4 N–H and O–H groups in total. The van der Waals surface area contributed by atoms with Crippen LogP contribution in [0.25, 0.3) is 0 Å². The van der Waals surface area contributed by atoms with Crippen LogP contribution in [0.1, 0.15) is 31.1 Å². The average molecular weight is 235 g/mol. The van der Waals surface area contributed by atoms with Crippen LogP contribution in [0, 0.1) is 0 Å². The highest BCUT2D eigenvalue weighted by Crippen LogP contribution is 2.25. The summed E-state index contributed by atoms with van der Waals surface area (Å²) in [5, 5.41) is 3.82. The van der Waals surface area contributed by atoms with Gasteiger partial charge in [0.1, 0.15) is 5.54 Å². The number of ether oxygens (including phenoxy) is 1. The molecule has 7 heteroatoms. The van der Waals surface area contributed by atoms with Crippen LogP contribution >= 0.6 is 12.4 Å². The minimum Gasteiger partial charge on any atom is -0.379 e. The smallest absolute Gasteiger partial charge is 0.243 e. The van der Waals surface area contributed by atoms with Crippen molar-refractivity contribution < 1.29 is 9.26 Å². The fourth-order valence-corrected chi connectivity index (χ4v) is 1.38. The van der Waals surface area contributed by atoms with Gasteiger partial charge in [0.2, 0.25) is 5.89 Å². The molecule has 15 heavy (non-hydrogen) atoms. The first-order valence-electron chi connectivity index (χ1n) is 4.58. The molecular weight excluding hydrogens is 220 g/mol. The van der Waals surface area contributed by atoms with Gasteiger partial charge in [0.05, 0.1) is 12.6 Å². The van der Waals surface area contributed by atoms with Gasteiger partial charge in [0.25, 0.3) is 0 Å². The lowest BCUT2D eigenvalue weighted by Gasteiger charge is -2.15. The minimum absolute atomic E-state index is 0. The van der Waals surface area contributed by atoms with Gasteiger partial charge in [-0.25, -0.2) is 0 Å². The molecule has 0 saturated carbocycles. The molecule has 0 aliphatic carbocycles. The zero-order valence-electron chi connectivity index (χ0n) is 8.47. The highest BCUT2D eigenvalue weighted by molar-refractivity contribution is 5.85. The summed E-state index contributed by atoms with van der Waals surface area (Å²) in [5.74, 6) is 0.902. The molecule has 0 bridgehead atoms. The van der Waals surface area contributed by atoms with Crippen molar-refractivity contribution in [1.29, 1.82) is 0 Å². The summed E-state index contributed by atoms with van der Waals surface area (Å²) in [7, 11) is 0. The van der Waals surface area contributed by atoms with Gasteiger partial charge < -0.3 is 20.7 Å². The van der Waals surface area contributed by atoms with E-state index in [1.54, 1.807) is 6.92 Å². The highest BCUT2D eigenvalue weighted by atomic mass is 35.5. The standard InChI is InChI=1S/C8H14N4O2.ClH/c1-5(9)6-11-7(12-14-6)8(10)2-3-13-4-8;/h5H,2-4,9-10H2,1H3;1H. The fourth-order valence-electron chi connectivity index (χ4n) is 1.38. The Bertz CT molecular complexity index is 322. The largest absolute Gasteiger partial charge is 0.379 e. The van der Waals surface area contributed by atoms with E-state index < -0.39 is 5.54 Å². The molecule has 0 radical (unpaired) electrons. The Labute approximate surface area is 93.7 Å². The quantitative estimate of drug-likeness (QED) is 0.752. The molecule has 1 aliphatic heterocycles. The summed E-state index contributed by atoms with van der Waals surface area (Å²) in [6.07, 6.45) is 0.713. The van der Waals surface area contributed by atoms with Crippen LogP contribution in [0.15, 0.2) is 4.52 Å². The predicted octanol–water partition coefficient (Wildman–Crippen LogP) is 0.0854. The van der Waals surface area contributed by atoms with E-state index in [0.29, 0.717) is 31.3 Å². The third kappa shape index (κ3) is 2.28. The second kappa shape index (κ2) is 4.44. The van der Waals surface area contributed by atoms with Crippen molar-refractivity contribution in [2.75, 3.05) is 13.2 Å². The molecule has 0 aromatic carbocycles. The normalized spacial score (nSPS) is 27.4. The van der Waals surface area contributed by atoms with Crippen molar-refractivity contribution in [1.82, 2.24) is 10.1 Å². The maximum Gasteiger partial charge on any atom is 0.243 e. The third-order valence-electron chi connectivity index (χ3n) is 2.33. The number of nitrogens with zero attached hydrogens (tertiary/aromatic N) is 2. The summed E-state index contributed by atoms with van der Waals surface area (Å²) in [6.45, 7) is 2.86. The lowest BCUT2D eigenvalue weighted by Crippen LogP contribution is -2.38. The van der Waals surface area contributed by atoms with Gasteiger partial charge in [-0.05, 0) is 13.3 Å². The molecule has 1 aliphatic rings. The van der Waals surface area contributed by atoms with E-state index in [0.717, 1.165) is 0 Å². The van der Waals surface area contributed by atoms with Crippen LogP contribution < -0.4 is 11.5 Å². The van der Waals surface area contributed by atoms with E-state index in [9.17, 15) is 0 Å². The summed E-state index contributed by atoms with van der Waals surface area (Å²) >= 11 is 0. The van der Waals surface area contributed by atoms with Gasteiger partial charge in [0, 0.05) is 6.61 Å². The van der Waals surface area contributed by atoms with Gasteiger partial charge in [-0.15, -0.1) is 12.4 Å². The average Bonchev–Trinajstić information content (AvgIpc) is 2.71. The number of aromatic nitrogens is 2. The van der Waals surface area contributed by atoms with E-state index in [1.807, 2.05) is 0 Å². The number of hydrogen-bond acceptors (Lipinski definition) is 6. The molecule has 0 amide bonds. The van der Waals surface area contributed by atoms with Gasteiger partial charge >= 0.3 is 0 Å². The topological polar surface area (TPSA) is 100 Å². The molecule has 0 spiro atoms. The molecule has 2 atom stereocenters. The molecule has 2 unspecified atom stereocenters. The first-order chi connectivity index (χ1) is 6.62. The molecular formula is C8H15ClN4O2. The molecule has 1 fully saturated rings. The summed E-state index contributed by atoms with van der Waals surface area (Å²) in [4.78, 5) is 4.16. The SMILES string of the molecule is CC(N)c1nc(C2(N)CCOC2)no1.Cl. The zero-order chi connectivity index (χ0) is 10.2. The Hall–Kier alpha value is -0.690. The fraction of sp³-hybridized carbons (Fsp3) is 0.750. The molecule has 6 nitrogen and oxygen atoms in total. The highest BCUT2D eigenvalue weighted by Gasteiger charge is 2.37. The Balaban J connectivity index is 0.00000112. The minimum atomic E-state index is -0.601. The second-order valence-corrected chi connectivity index (χ2v) is 3.70. The Morgan fingerprint density at radius 2 is 2.27 bits per heavy atom. The van der Waals surface area contributed by atoms with Gasteiger partial charge in [-0.3, -0.25) is 0 Å². The predicted molar refractivity (Wildman–Crippen MR) is 55.4 cm³/mol. The van der Waals surface area contributed by atoms with Crippen molar-refractivity contribution in [3.05, 3.63) is 11.7 Å². The van der Waals surface area contributed by atoms with E-state index in [-0.39, 0.29) is 18.4 Å². The maximum absolute atomic E-state index is 6.04. The van der Waals surface area contributed by atoms with Crippen LogP contribution in [0.3, 0.4) is 0 Å². The summed E-state index contributed by atoms with van der Waals surface area (Å²) in [5.41, 5.74) is 11.0. The van der Waals surface area contributed by atoms with Crippen LogP contribution in [0.2, 0.25) is 0 Å². The van der Waals surface area contributed by atoms with E-state index in [1.165, 1.54) is 0 Å². The first kappa shape index (κ1) is 12.4. The van der Waals surface area contributed by atoms with Gasteiger partial charge in [0.15, 0.2) is 5.82 Å². The number of nitrogens with two attached hydrogens (primary N) is 2. The van der Waals surface area contributed by atoms with Crippen molar-refractivity contribution in [2.24, 2.45) is 11.5 Å². The van der Waals surface area contributed by atoms with Gasteiger partial charge in [-0.2, -0.15) is 4.98 Å². The first-order valence-corrected chi connectivity index (χ1v) is 4.58. The molecule has 86 valence electrons. The lowest BCUT2D eigenvalue weighted by atomic mass is 10.00. The van der Waals surface area contributed by atoms with E-state index in [2.05, 4.69) is 10.1 Å². The van der Waals surface area contributed by atoms with Crippen LogP contribution in [0.5, 0.6) is 0 Å². The van der Waals surface area contributed by atoms with Crippen molar-refractivity contribution in [3.8, 4) is 0 Å². The second-order valence-electron chi connectivity index (χ2n) is 3.70. The molecule has 1 aromatic rings. The molecule has 2 heterocycles. The Kier molecular flexibility index (Phi) is 3.67. The van der Waals surface area contributed by atoms with Crippen molar-refractivity contribution in [3.63, 3.8) is 0 Å². The van der Waals surface area contributed by atoms with Gasteiger partial charge in [-0.1, -0.05) is 5.16 Å². The maximum atomic E-state index is 6.04.